The number of sulfonamides is 1. The van der Waals surface area contributed by atoms with E-state index in [4.69, 9.17) is 27.9 Å². The molecule has 0 fully saturated rings. The Hall–Kier alpha value is -1.35. The molecule has 26 heavy (non-hydrogen) atoms. The second kappa shape index (κ2) is 9.03. The number of halogens is 2. The zero-order chi connectivity index (χ0) is 20.2. The lowest BCUT2D eigenvalue weighted by Gasteiger charge is -2.24. The van der Waals surface area contributed by atoms with Crippen LogP contribution < -0.4 is 4.72 Å². The van der Waals surface area contributed by atoms with Gasteiger partial charge in [-0.25, -0.2) is 8.42 Å². The van der Waals surface area contributed by atoms with Crippen LogP contribution in [0.1, 0.15) is 20.8 Å². The Balaban J connectivity index is 3.08. The molecule has 10 heteroatoms. The molecule has 0 bridgehead atoms. The number of hydrogen-bond acceptors (Lipinski definition) is 5. The van der Waals surface area contributed by atoms with Crippen molar-refractivity contribution in [3.63, 3.8) is 0 Å². The van der Waals surface area contributed by atoms with Crippen LogP contribution in [-0.4, -0.2) is 51.4 Å². The first-order chi connectivity index (χ1) is 11.9. The molecule has 7 nitrogen and oxygen atoms in total. The van der Waals surface area contributed by atoms with Gasteiger partial charge in [0.1, 0.15) is 10.9 Å². The van der Waals surface area contributed by atoms with Crippen molar-refractivity contribution in [2.75, 3.05) is 14.1 Å². The first-order valence-corrected chi connectivity index (χ1v) is 10.0. The standard InChI is InChI=1S/C16H22Cl2N2O5S/c1-9(2)13(16(22)25-10(3)15(21)20(4)5)19-26(23,24)14-11(17)7-6-8-12(14)18/h6-10,13,19H,1-5H3. The Kier molecular flexibility index (Phi) is 7.88. The second-order valence-electron chi connectivity index (χ2n) is 6.21. The fourth-order valence-corrected chi connectivity index (χ4v) is 4.56. The summed E-state index contributed by atoms with van der Waals surface area (Å²) in [4.78, 5) is 25.2. The summed E-state index contributed by atoms with van der Waals surface area (Å²) in [5.74, 6) is -1.73. The molecule has 1 amide bonds. The van der Waals surface area contributed by atoms with E-state index in [1.165, 1.54) is 44.1 Å². The van der Waals surface area contributed by atoms with Crippen molar-refractivity contribution in [1.82, 2.24) is 9.62 Å². The molecule has 0 aliphatic heterocycles. The van der Waals surface area contributed by atoms with Gasteiger partial charge in [0.15, 0.2) is 6.10 Å². The highest BCUT2D eigenvalue weighted by Crippen LogP contribution is 2.29. The van der Waals surface area contributed by atoms with Crippen LogP contribution >= 0.6 is 23.2 Å². The predicted octanol–water partition coefficient (Wildman–Crippen LogP) is 2.32. The van der Waals surface area contributed by atoms with Crippen LogP contribution in [0.2, 0.25) is 10.0 Å². The number of hydrogen-bond donors (Lipinski definition) is 1. The quantitative estimate of drug-likeness (QED) is 0.677. The largest absolute Gasteiger partial charge is 0.451 e. The maximum Gasteiger partial charge on any atom is 0.325 e. The molecule has 0 saturated heterocycles. The topological polar surface area (TPSA) is 92.8 Å². The van der Waals surface area contributed by atoms with Crippen LogP contribution in [0.25, 0.3) is 0 Å². The third kappa shape index (κ3) is 5.57. The lowest BCUT2D eigenvalue weighted by Crippen LogP contribution is -2.47. The molecule has 2 atom stereocenters. The van der Waals surface area contributed by atoms with Gasteiger partial charge in [-0.2, -0.15) is 4.72 Å². The van der Waals surface area contributed by atoms with E-state index in [0.717, 1.165) is 0 Å². The van der Waals surface area contributed by atoms with E-state index < -0.39 is 40.0 Å². The number of carbonyl (C=O) groups excluding carboxylic acids is 2. The zero-order valence-electron chi connectivity index (χ0n) is 15.1. The highest BCUT2D eigenvalue weighted by Gasteiger charge is 2.33. The van der Waals surface area contributed by atoms with Crippen molar-refractivity contribution in [3.8, 4) is 0 Å². The van der Waals surface area contributed by atoms with Gasteiger partial charge in [-0.1, -0.05) is 43.1 Å². The van der Waals surface area contributed by atoms with Gasteiger partial charge in [0.25, 0.3) is 5.91 Å². The molecule has 1 rings (SSSR count). The Morgan fingerprint density at radius 2 is 1.62 bits per heavy atom. The SMILES string of the molecule is CC(OC(=O)C(NS(=O)(=O)c1c(Cl)cccc1Cl)C(C)C)C(=O)N(C)C. The van der Waals surface area contributed by atoms with E-state index in [-0.39, 0.29) is 14.9 Å². The summed E-state index contributed by atoms with van der Waals surface area (Å²) in [6, 6.07) is 3.04. The Labute approximate surface area is 163 Å². The number of benzene rings is 1. The number of nitrogens with zero attached hydrogens (tertiary/aromatic N) is 1. The van der Waals surface area contributed by atoms with E-state index in [1.807, 2.05) is 0 Å². The Bertz CT molecular complexity index is 761. The number of carbonyl (C=O) groups is 2. The Morgan fingerprint density at radius 1 is 1.12 bits per heavy atom. The summed E-state index contributed by atoms with van der Waals surface area (Å²) in [6.07, 6.45) is -1.05. The molecule has 1 aromatic carbocycles. The van der Waals surface area contributed by atoms with E-state index in [9.17, 15) is 18.0 Å². The van der Waals surface area contributed by atoms with Crippen molar-refractivity contribution in [3.05, 3.63) is 28.2 Å². The molecule has 0 aliphatic carbocycles. The number of ether oxygens (including phenoxy) is 1. The van der Waals surface area contributed by atoms with Crippen molar-refractivity contribution in [1.29, 1.82) is 0 Å². The fourth-order valence-electron chi connectivity index (χ4n) is 2.08. The number of amides is 1. The van der Waals surface area contributed by atoms with Crippen molar-refractivity contribution >= 4 is 45.1 Å². The van der Waals surface area contributed by atoms with Gasteiger partial charge in [0.2, 0.25) is 10.0 Å². The van der Waals surface area contributed by atoms with Crippen molar-refractivity contribution in [2.24, 2.45) is 5.92 Å². The van der Waals surface area contributed by atoms with Crippen molar-refractivity contribution < 1.29 is 22.7 Å². The maximum atomic E-state index is 12.7. The molecule has 0 aromatic heterocycles. The highest BCUT2D eigenvalue weighted by atomic mass is 35.5. The normalized spacial score (nSPS) is 14.0. The molecule has 1 N–H and O–H groups in total. The molecule has 0 saturated carbocycles. The van der Waals surface area contributed by atoms with Gasteiger partial charge in [-0.15, -0.1) is 0 Å². The molecular weight excluding hydrogens is 403 g/mol. The minimum absolute atomic E-state index is 0.0722. The minimum atomic E-state index is -4.19. The van der Waals surface area contributed by atoms with E-state index in [1.54, 1.807) is 13.8 Å². The molecular formula is C16H22Cl2N2O5S. The lowest BCUT2D eigenvalue weighted by atomic mass is 10.1. The molecule has 1 aromatic rings. The number of likely N-dealkylation sites (N-methyl/N-ethyl adjacent to an activating group) is 1. The summed E-state index contributed by atoms with van der Waals surface area (Å²) >= 11 is 11.9. The van der Waals surface area contributed by atoms with Crippen LogP contribution in [0, 0.1) is 5.92 Å². The summed E-state index contributed by atoms with van der Waals surface area (Å²) in [7, 11) is -1.15. The molecule has 0 spiro atoms. The third-order valence-corrected chi connectivity index (χ3v) is 5.87. The third-order valence-electron chi connectivity index (χ3n) is 3.47. The van der Waals surface area contributed by atoms with Crippen LogP contribution in [0.4, 0.5) is 0 Å². The first kappa shape index (κ1) is 22.7. The number of rotatable bonds is 7. The van der Waals surface area contributed by atoms with Gasteiger partial charge in [0, 0.05) is 14.1 Å². The van der Waals surface area contributed by atoms with Crippen LogP contribution in [0.3, 0.4) is 0 Å². The zero-order valence-corrected chi connectivity index (χ0v) is 17.4. The number of nitrogens with one attached hydrogen (secondary N) is 1. The molecule has 2 unspecified atom stereocenters. The molecule has 0 radical (unpaired) electrons. The van der Waals surface area contributed by atoms with E-state index in [0.29, 0.717) is 0 Å². The monoisotopic (exact) mass is 424 g/mol. The minimum Gasteiger partial charge on any atom is -0.451 e. The second-order valence-corrected chi connectivity index (χ2v) is 8.67. The van der Waals surface area contributed by atoms with Gasteiger partial charge in [-0.3, -0.25) is 9.59 Å². The summed E-state index contributed by atoms with van der Waals surface area (Å²) in [5.41, 5.74) is 0. The smallest absolute Gasteiger partial charge is 0.325 e. The van der Waals surface area contributed by atoms with Crippen LogP contribution in [0.5, 0.6) is 0 Å². The van der Waals surface area contributed by atoms with Gasteiger partial charge in [0.05, 0.1) is 10.0 Å². The fraction of sp³-hybridized carbons (Fsp3) is 0.500. The average Bonchev–Trinajstić information content (AvgIpc) is 2.50. The molecule has 146 valence electrons. The predicted molar refractivity (Wildman–Crippen MR) is 99.7 cm³/mol. The number of esters is 1. The first-order valence-electron chi connectivity index (χ1n) is 7.76. The van der Waals surface area contributed by atoms with Gasteiger partial charge >= 0.3 is 5.97 Å². The van der Waals surface area contributed by atoms with E-state index in [2.05, 4.69) is 4.72 Å². The van der Waals surface area contributed by atoms with Crippen molar-refractivity contribution in [2.45, 2.75) is 37.8 Å². The van der Waals surface area contributed by atoms with Crippen LogP contribution in [0.15, 0.2) is 23.1 Å². The van der Waals surface area contributed by atoms with Gasteiger partial charge < -0.3 is 9.64 Å². The molecule has 0 aliphatic rings. The Morgan fingerprint density at radius 3 is 2.04 bits per heavy atom. The highest BCUT2D eigenvalue weighted by molar-refractivity contribution is 7.89. The van der Waals surface area contributed by atoms with Crippen LogP contribution in [-0.2, 0) is 24.3 Å². The molecule has 0 heterocycles. The van der Waals surface area contributed by atoms with E-state index >= 15 is 0 Å². The summed E-state index contributed by atoms with van der Waals surface area (Å²) in [6.45, 7) is 4.69. The van der Waals surface area contributed by atoms with Gasteiger partial charge in [-0.05, 0) is 25.0 Å². The summed E-state index contributed by atoms with van der Waals surface area (Å²) in [5, 5.41) is -0.144. The summed E-state index contributed by atoms with van der Waals surface area (Å²) < 4.78 is 32.7. The lowest BCUT2D eigenvalue weighted by molar-refractivity contribution is -0.160. The average molecular weight is 425 g/mol. The maximum absolute atomic E-state index is 12.7.